The predicted octanol–water partition coefficient (Wildman–Crippen LogP) is 3.87. The molecule has 0 radical (unpaired) electrons. The first-order valence-electron chi connectivity index (χ1n) is 4.93. The molecule has 2 nitrogen and oxygen atoms in total. The lowest BCUT2D eigenvalue weighted by atomic mass is 9.99. The van der Waals surface area contributed by atoms with Crippen molar-refractivity contribution in [3.05, 3.63) is 57.5 Å². The van der Waals surface area contributed by atoms with Crippen molar-refractivity contribution in [2.45, 2.75) is 0 Å². The third-order valence-electron chi connectivity index (χ3n) is 2.37. The normalized spacial score (nSPS) is 10.2. The van der Waals surface area contributed by atoms with Gasteiger partial charge in [0.1, 0.15) is 0 Å². The number of rotatable bonds is 2. The minimum absolute atomic E-state index is 0.448. The average Bonchev–Trinajstić information content (AvgIpc) is 2.27. The maximum Gasteiger partial charge on any atom is 0.249 e. The molecule has 0 atom stereocenters. The van der Waals surface area contributed by atoms with Gasteiger partial charge in [0, 0.05) is 15.1 Å². The molecule has 4 heteroatoms. The van der Waals surface area contributed by atoms with Crippen LogP contribution >= 0.6 is 27.5 Å². The van der Waals surface area contributed by atoms with E-state index >= 15 is 0 Å². The molecular weight excluding hydrogens is 302 g/mol. The molecule has 1 amide bonds. The van der Waals surface area contributed by atoms with Crippen molar-refractivity contribution in [3.8, 4) is 11.1 Å². The van der Waals surface area contributed by atoms with Crippen LogP contribution in [0.2, 0.25) is 5.02 Å². The zero-order valence-corrected chi connectivity index (χ0v) is 11.1. The van der Waals surface area contributed by atoms with Crippen molar-refractivity contribution in [2.75, 3.05) is 0 Å². The van der Waals surface area contributed by atoms with Gasteiger partial charge >= 0.3 is 0 Å². The van der Waals surface area contributed by atoms with E-state index in [1.54, 1.807) is 24.3 Å². The first-order valence-corrected chi connectivity index (χ1v) is 6.10. The van der Waals surface area contributed by atoms with Crippen molar-refractivity contribution >= 4 is 33.4 Å². The van der Waals surface area contributed by atoms with Crippen LogP contribution < -0.4 is 5.73 Å². The van der Waals surface area contributed by atoms with Crippen LogP contribution in [-0.2, 0) is 0 Å². The lowest BCUT2D eigenvalue weighted by Crippen LogP contribution is -2.12. The summed E-state index contributed by atoms with van der Waals surface area (Å²) in [6.07, 6.45) is 0. The smallest absolute Gasteiger partial charge is 0.249 e. The van der Waals surface area contributed by atoms with Crippen molar-refractivity contribution in [3.63, 3.8) is 0 Å². The van der Waals surface area contributed by atoms with Gasteiger partial charge in [0.2, 0.25) is 5.91 Å². The summed E-state index contributed by atoms with van der Waals surface area (Å²) < 4.78 is 0.860. The first-order chi connectivity index (χ1) is 8.08. The molecule has 0 aliphatic carbocycles. The molecule has 2 rings (SSSR count). The minimum atomic E-state index is -0.448. The molecular formula is C13H9BrClNO. The van der Waals surface area contributed by atoms with Crippen LogP contribution in [0, 0.1) is 0 Å². The van der Waals surface area contributed by atoms with E-state index in [1.165, 1.54) is 0 Å². The second kappa shape index (κ2) is 4.90. The molecule has 0 aromatic heterocycles. The Morgan fingerprint density at radius 1 is 1.18 bits per heavy atom. The van der Waals surface area contributed by atoms with E-state index in [0.717, 1.165) is 15.6 Å². The maximum absolute atomic E-state index is 11.3. The van der Waals surface area contributed by atoms with Gasteiger partial charge in [0.25, 0.3) is 0 Å². The zero-order chi connectivity index (χ0) is 12.4. The van der Waals surface area contributed by atoms with E-state index < -0.39 is 5.91 Å². The highest BCUT2D eigenvalue weighted by molar-refractivity contribution is 9.10. The Balaban J connectivity index is 2.64. The summed E-state index contributed by atoms with van der Waals surface area (Å²) in [5.74, 6) is -0.448. The van der Waals surface area contributed by atoms with E-state index in [0.29, 0.717) is 10.6 Å². The number of hydrogen-bond donors (Lipinski definition) is 1. The summed E-state index contributed by atoms with van der Waals surface area (Å²) in [5, 5.41) is 0.605. The number of carbonyl (C=O) groups is 1. The molecule has 2 N–H and O–H groups in total. The van der Waals surface area contributed by atoms with Crippen molar-refractivity contribution in [1.82, 2.24) is 0 Å². The Hall–Kier alpha value is -1.32. The van der Waals surface area contributed by atoms with E-state index in [9.17, 15) is 4.79 Å². The van der Waals surface area contributed by atoms with Crippen LogP contribution in [0.3, 0.4) is 0 Å². The summed E-state index contributed by atoms with van der Waals surface area (Å²) in [4.78, 5) is 11.3. The van der Waals surface area contributed by atoms with Crippen LogP contribution in [0.25, 0.3) is 11.1 Å². The third kappa shape index (κ3) is 2.68. The fourth-order valence-corrected chi connectivity index (χ4v) is 2.52. The molecule has 0 heterocycles. The van der Waals surface area contributed by atoms with E-state index in [-0.39, 0.29) is 0 Å². The maximum atomic E-state index is 11.3. The lowest BCUT2D eigenvalue weighted by molar-refractivity contribution is 0.100. The molecule has 0 fully saturated rings. The van der Waals surface area contributed by atoms with Crippen LogP contribution in [0.15, 0.2) is 46.9 Å². The summed E-state index contributed by atoms with van der Waals surface area (Å²) in [7, 11) is 0. The molecule has 0 saturated carbocycles. The quantitative estimate of drug-likeness (QED) is 0.899. The number of carbonyl (C=O) groups excluding carboxylic acids is 1. The van der Waals surface area contributed by atoms with Gasteiger partial charge in [-0.25, -0.2) is 0 Å². The van der Waals surface area contributed by atoms with Gasteiger partial charge in [0.05, 0.1) is 0 Å². The van der Waals surface area contributed by atoms with Crippen LogP contribution in [0.5, 0.6) is 0 Å². The van der Waals surface area contributed by atoms with Crippen LogP contribution in [0.1, 0.15) is 10.4 Å². The minimum Gasteiger partial charge on any atom is -0.366 e. The van der Waals surface area contributed by atoms with E-state index in [4.69, 9.17) is 17.3 Å². The number of benzene rings is 2. The Kier molecular flexibility index (Phi) is 3.50. The number of nitrogens with two attached hydrogens (primary N) is 1. The van der Waals surface area contributed by atoms with Gasteiger partial charge in [0.15, 0.2) is 0 Å². The second-order valence-corrected chi connectivity index (χ2v) is 4.92. The monoisotopic (exact) mass is 309 g/mol. The molecule has 0 saturated heterocycles. The first kappa shape index (κ1) is 12.1. The SMILES string of the molecule is NC(=O)c1ccccc1-c1cc(Cl)cc(Br)c1. The molecule has 86 valence electrons. The number of hydrogen-bond acceptors (Lipinski definition) is 1. The molecule has 0 spiro atoms. The van der Waals surface area contributed by atoms with Crippen LogP contribution in [0.4, 0.5) is 0 Å². The predicted molar refractivity (Wildman–Crippen MR) is 73.1 cm³/mol. The summed E-state index contributed by atoms with van der Waals surface area (Å²) in [6, 6.07) is 12.7. The Labute approximate surface area is 113 Å². The molecule has 0 bridgehead atoms. The largest absolute Gasteiger partial charge is 0.366 e. The Bertz CT molecular complexity index is 563. The molecule has 17 heavy (non-hydrogen) atoms. The number of halogens is 2. The highest BCUT2D eigenvalue weighted by atomic mass is 79.9. The zero-order valence-electron chi connectivity index (χ0n) is 8.78. The average molecular weight is 311 g/mol. The van der Waals surface area contributed by atoms with E-state index in [1.807, 2.05) is 18.2 Å². The molecule has 2 aromatic rings. The summed E-state index contributed by atoms with van der Waals surface area (Å²) in [5.41, 5.74) is 7.47. The van der Waals surface area contributed by atoms with Gasteiger partial charge < -0.3 is 5.73 Å². The Morgan fingerprint density at radius 2 is 1.88 bits per heavy atom. The van der Waals surface area contributed by atoms with Gasteiger partial charge in [-0.2, -0.15) is 0 Å². The standard InChI is InChI=1S/C13H9BrClNO/c14-9-5-8(6-10(15)7-9)11-3-1-2-4-12(11)13(16)17/h1-7H,(H2,16,17). The summed E-state index contributed by atoms with van der Waals surface area (Å²) in [6.45, 7) is 0. The number of amides is 1. The fraction of sp³-hybridized carbons (Fsp3) is 0. The van der Waals surface area contributed by atoms with Crippen LogP contribution in [-0.4, -0.2) is 5.91 Å². The second-order valence-electron chi connectivity index (χ2n) is 3.57. The highest BCUT2D eigenvalue weighted by Crippen LogP contribution is 2.29. The third-order valence-corrected chi connectivity index (χ3v) is 3.04. The lowest BCUT2D eigenvalue weighted by Gasteiger charge is -2.07. The molecule has 0 aliphatic heterocycles. The molecule has 0 aliphatic rings. The van der Waals surface area contributed by atoms with Gasteiger partial charge in [-0.05, 0) is 35.4 Å². The van der Waals surface area contributed by atoms with E-state index in [2.05, 4.69) is 15.9 Å². The van der Waals surface area contributed by atoms with Crippen molar-refractivity contribution in [1.29, 1.82) is 0 Å². The topological polar surface area (TPSA) is 43.1 Å². The summed E-state index contributed by atoms with van der Waals surface area (Å²) >= 11 is 9.36. The van der Waals surface area contributed by atoms with Gasteiger partial charge in [-0.1, -0.05) is 45.7 Å². The number of primary amides is 1. The Morgan fingerprint density at radius 3 is 2.53 bits per heavy atom. The van der Waals surface area contributed by atoms with Gasteiger partial charge in [-0.3, -0.25) is 4.79 Å². The highest BCUT2D eigenvalue weighted by Gasteiger charge is 2.10. The van der Waals surface area contributed by atoms with Crippen molar-refractivity contribution < 1.29 is 4.79 Å². The fourth-order valence-electron chi connectivity index (χ4n) is 1.66. The molecule has 2 aromatic carbocycles. The van der Waals surface area contributed by atoms with Crippen molar-refractivity contribution in [2.24, 2.45) is 5.73 Å². The molecule has 0 unspecified atom stereocenters. The van der Waals surface area contributed by atoms with Gasteiger partial charge in [-0.15, -0.1) is 0 Å².